The summed E-state index contributed by atoms with van der Waals surface area (Å²) in [5.74, 6) is -1.50. The van der Waals surface area contributed by atoms with E-state index in [1.807, 2.05) is 32.1 Å². The lowest BCUT2D eigenvalue weighted by Gasteiger charge is -2.24. The number of benzene rings is 2. The number of halogens is 2. The van der Waals surface area contributed by atoms with Crippen molar-refractivity contribution in [1.82, 2.24) is 19.9 Å². The number of nitrogens with one attached hydrogen (secondary N) is 2. The monoisotopic (exact) mass is 502 g/mol. The Morgan fingerprint density at radius 3 is 2.25 bits per heavy atom. The number of anilines is 6. The Labute approximate surface area is 209 Å². The van der Waals surface area contributed by atoms with E-state index in [2.05, 4.69) is 30.5 Å². The molecule has 3 rings (SSSR count). The van der Waals surface area contributed by atoms with Crippen LogP contribution < -0.4 is 26.0 Å². The van der Waals surface area contributed by atoms with Crippen LogP contribution in [-0.2, 0) is 5.60 Å². The van der Waals surface area contributed by atoms with Crippen LogP contribution in [0.1, 0.15) is 19.4 Å². The number of hydrogen-bond donors (Lipinski definition) is 4. The predicted octanol–water partition coefficient (Wildman–Crippen LogP) is 3.45. The Hall–Kier alpha value is -3.77. The zero-order chi connectivity index (χ0) is 26.6. The first-order valence-corrected chi connectivity index (χ1v) is 11.2. The fraction of sp³-hybridized carbons (Fsp3) is 0.375. The van der Waals surface area contributed by atoms with E-state index in [9.17, 15) is 13.9 Å². The summed E-state index contributed by atoms with van der Waals surface area (Å²) in [6.45, 7) is 4.33. The second-order valence-electron chi connectivity index (χ2n) is 9.06. The Kier molecular flexibility index (Phi) is 8.10. The maximum absolute atomic E-state index is 14.5. The second kappa shape index (κ2) is 10.9. The van der Waals surface area contributed by atoms with E-state index in [1.165, 1.54) is 26.2 Å². The van der Waals surface area contributed by atoms with Gasteiger partial charge in [-0.15, -0.1) is 0 Å². The smallest absolute Gasteiger partial charge is 0.232 e. The summed E-state index contributed by atoms with van der Waals surface area (Å²) in [4.78, 5) is 16.6. The van der Waals surface area contributed by atoms with Crippen LogP contribution in [0.5, 0.6) is 5.75 Å². The summed E-state index contributed by atoms with van der Waals surface area (Å²) in [6, 6.07) is 5.80. The molecule has 0 radical (unpaired) electrons. The number of rotatable bonds is 10. The lowest BCUT2D eigenvalue weighted by Crippen LogP contribution is -2.29. The molecular formula is C24H32F2N8O2. The number of nitrogens with zero attached hydrogens (tertiary/aromatic N) is 5. The topological polar surface area (TPSA) is 125 Å². The summed E-state index contributed by atoms with van der Waals surface area (Å²) in [7, 11) is 7.50. The van der Waals surface area contributed by atoms with Gasteiger partial charge < -0.3 is 36.0 Å². The van der Waals surface area contributed by atoms with Crippen molar-refractivity contribution in [3.63, 3.8) is 0 Å². The number of nitrogens with two attached hydrogens (primary N) is 1. The van der Waals surface area contributed by atoms with Crippen molar-refractivity contribution >= 4 is 34.6 Å². The molecule has 0 saturated heterocycles. The van der Waals surface area contributed by atoms with Crippen LogP contribution >= 0.6 is 0 Å². The molecule has 0 unspecified atom stereocenters. The predicted molar refractivity (Wildman–Crippen MR) is 137 cm³/mol. The van der Waals surface area contributed by atoms with Crippen LogP contribution in [0, 0.1) is 11.6 Å². The molecule has 194 valence electrons. The van der Waals surface area contributed by atoms with Gasteiger partial charge in [0.05, 0.1) is 35.5 Å². The van der Waals surface area contributed by atoms with Crippen molar-refractivity contribution in [3.8, 4) is 5.75 Å². The van der Waals surface area contributed by atoms with Gasteiger partial charge in [-0.1, -0.05) is 0 Å². The third-order valence-corrected chi connectivity index (χ3v) is 5.41. The minimum atomic E-state index is -1.66. The average molecular weight is 503 g/mol. The summed E-state index contributed by atoms with van der Waals surface area (Å²) in [5, 5.41) is 16.2. The van der Waals surface area contributed by atoms with Crippen molar-refractivity contribution in [2.24, 2.45) is 0 Å². The van der Waals surface area contributed by atoms with E-state index in [1.54, 1.807) is 13.2 Å². The van der Waals surface area contributed by atoms with Crippen LogP contribution in [0.3, 0.4) is 0 Å². The molecule has 10 nitrogen and oxygen atoms in total. The van der Waals surface area contributed by atoms with E-state index < -0.39 is 17.2 Å². The SMILES string of the molecule is COc1cc(N(C)CCN(C)C)c(N)cc1Nc1ncnc(Nc2ccc(F)c(F)c2C(C)(C)O)n1. The lowest BCUT2D eigenvalue weighted by molar-refractivity contribution is 0.0745. The molecule has 0 saturated carbocycles. The van der Waals surface area contributed by atoms with Crippen LogP contribution in [0.2, 0.25) is 0 Å². The van der Waals surface area contributed by atoms with Gasteiger partial charge in [-0.2, -0.15) is 4.98 Å². The first-order valence-electron chi connectivity index (χ1n) is 11.2. The maximum Gasteiger partial charge on any atom is 0.232 e. The van der Waals surface area contributed by atoms with E-state index in [4.69, 9.17) is 10.5 Å². The Bertz CT molecular complexity index is 1220. The van der Waals surface area contributed by atoms with Gasteiger partial charge in [-0.25, -0.2) is 18.7 Å². The second-order valence-corrected chi connectivity index (χ2v) is 9.06. The van der Waals surface area contributed by atoms with Crippen molar-refractivity contribution in [3.05, 3.63) is 47.8 Å². The molecule has 0 bridgehead atoms. The van der Waals surface area contributed by atoms with Gasteiger partial charge in [0.15, 0.2) is 11.6 Å². The fourth-order valence-electron chi connectivity index (χ4n) is 3.56. The molecule has 36 heavy (non-hydrogen) atoms. The number of nitrogen functional groups attached to an aromatic ring is 1. The highest BCUT2D eigenvalue weighted by Crippen LogP contribution is 2.36. The Balaban J connectivity index is 1.87. The minimum Gasteiger partial charge on any atom is -0.494 e. The molecule has 2 aromatic carbocycles. The third-order valence-electron chi connectivity index (χ3n) is 5.41. The molecule has 5 N–H and O–H groups in total. The molecule has 1 heterocycles. The quantitative estimate of drug-likeness (QED) is 0.306. The number of aliphatic hydroxyl groups is 1. The van der Waals surface area contributed by atoms with Crippen LogP contribution in [0.4, 0.5) is 43.4 Å². The number of aromatic nitrogens is 3. The highest BCUT2D eigenvalue weighted by Gasteiger charge is 2.27. The van der Waals surface area contributed by atoms with Gasteiger partial charge in [0, 0.05) is 31.8 Å². The zero-order valence-corrected chi connectivity index (χ0v) is 21.2. The van der Waals surface area contributed by atoms with Crippen molar-refractivity contribution in [1.29, 1.82) is 0 Å². The van der Waals surface area contributed by atoms with Crippen molar-refractivity contribution < 1.29 is 18.6 Å². The van der Waals surface area contributed by atoms with E-state index in [0.29, 0.717) is 17.1 Å². The normalized spacial score (nSPS) is 11.5. The molecule has 0 fully saturated rings. The van der Waals surface area contributed by atoms with E-state index in [0.717, 1.165) is 24.8 Å². The summed E-state index contributed by atoms with van der Waals surface area (Å²) >= 11 is 0. The third kappa shape index (κ3) is 6.26. The Morgan fingerprint density at radius 2 is 1.67 bits per heavy atom. The number of methoxy groups -OCH3 is 1. The molecule has 1 aromatic heterocycles. The zero-order valence-electron chi connectivity index (χ0n) is 21.2. The molecule has 3 aromatic rings. The van der Waals surface area contributed by atoms with Gasteiger partial charge in [0.2, 0.25) is 11.9 Å². The average Bonchev–Trinajstić information content (AvgIpc) is 2.79. The first kappa shape index (κ1) is 26.8. The van der Waals surface area contributed by atoms with Gasteiger partial charge >= 0.3 is 0 Å². The fourth-order valence-corrected chi connectivity index (χ4v) is 3.56. The molecule has 0 aliphatic heterocycles. The van der Waals surface area contributed by atoms with Crippen molar-refractivity contribution in [2.45, 2.75) is 19.4 Å². The highest BCUT2D eigenvalue weighted by atomic mass is 19.2. The highest BCUT2D eigenvalue weighted by molar-refractivity contribution is 5.79. The van der Waals surface area contributed by atoms with Crippen LogP contribution in [-0.4, -0.2) is 66.3 Å². The van der Waals surface area contributed by atoms with E-state index in [-0.39, 0.29) is 23.1 Å². The van der Waals surface area contributed by atoms with Gasteiger partial charge in [-0.3, -0.25) is 0 Å². The maximum atomic E-state index is 14.5. The standard InChI is InChI=1S/C24H32F2N8O2/c1-24(2,35)20-16(8-7-14(25)21(20)26)30-22-28-13-29-23(32-22)31-17-11-15(27)18(12-19(17)36-6)34(5)10-9-33(3)4/h7-8,11-13,35H,9-10,27H2,1-6H3,(H2,28,29,30,31,32). The summed E-state index contributed by atoms with van der Waals surface area (Å²) < 4.78 is 33.8. The first-order chi connectivity index (χ1) is 16.9. The van der Waals surface area contributed by atoms with Crippen LogP contribution in [0.25, 0.3) is 0 Å². The van der Waals surface area contributed by atoms with Crippen molar-refractivity contribution in [2.75, 3.05) is 62.6 Å². The lowest BCUT2D eigenvalue weighted by atomic mass is 9.95. The molecule has 0 spiro atoms. The van der Waals surface area contributed by atoms with Gasteiger partial charge in [0.25, 0.3) is 0 Å². The molecule has 0 aliphatic carbocycles. The summed E-state index contributed by atoms with van der Waals surface area (Å²) in [5.41, 5.74) is 6.40. The number of likely N-dealkylation sites (N-methyl/N-ethyl adjacent to an activating group) is 2. The van der Waals surface area contributed by atoms with Gasteiger partial charge in [-0.05, 0) is 46.1 Å². The largest absolute Gasteiger partial charge is 0.494 e. The minimum absolute atomic E-state index is 0.0518. The number of hydrogen-bond acceptors (Lipinski definition) is 10. The van der Waals surface area contributed by atoms with Gasteiger partial charge in [0.1, 0.15) is 12.1 Å². The van der Waals surface area contributed by atoms with Crippen LogP contribution in [0.15, 0.2) is 30.6 Å². The molecular weight excluding hydrogens is 470 g/mol. The number of ether oxygens (including phenoxy) is 1. The molecule has 0 atom stereocenters. The molecule has 12 heteroatoms. The molecule has 0 amide bonds. The molecule has 0 aliphatic rings. The Morgan fingerprint density at radius 1 is 1.03 bits per heavy atom. The summed E-state index contributed by atoms with van der Waals surface area (Å²) in [6.07, 6.45) is 1.25. The van der Waals surface area contributed by atoms with E-state index >= 15 is 0 Å².